The molecule has 0 aliphatic carbocycles. The van der Waals surface area contributed by atoms with Gasteiger partial charge in [0.2, 0.25) is 5.88 Å². The molecule has 13 heavy (non-hydrogen) atoms. The lowest BCUT2D eigenvalue weighted by molar-refractivity contribution is 0.0938. The Morgan fingerprint density at radius 1 is 1.85 bits per heavy atom. The van der Waals surface area contributed by atoms with E-state index in [1.54, 1.807) is 0 Å². The molecule has 0 spiro atoms. The highest BCUT2D eigenvalue weighted by Crippen LogP contribution is 2.14. The third kappa shape index (κ3) is 2.69. The predicted molar refractivity (Wildman–Crippen MR) is 51.0 cm³/mol. The lowest BCUT2D eigenvalue weighted by Gasteiger charge is -2.08. The summed E-state index contributed by atoms with van der Waals surface area (Å²) in [4.78, 5) is 15.0. The van der Waals surface area contributed by atoms with Gasteiger partial charge in [-0.3, -0.25) is 4.79 Å². The van der Waals surface area contributed by atoms with Crippen molar-refractivity contribution in [3.8, 4) is 5.88 Å². The molecule has 0 radical (unpaired) electrons. The van der Waals surface area contributed by atoms with Gasteiger partial charge in [-0.05, 0) is 13.3 Å². The molecule has 2 N–H and O–H groups in total. The van der Waals surface area contributed by atoms with Gasteiger partial charge in [0, 0.05) is 6.04 Å². The largest absolute Gasteiger partial charge is 0.493 e. The van der Waals surface area contributed by atoms with Crippen molar-refractivity contribution >= 4 is 17.2 Å². The van der Waals surface area contributed by atoms with Crippen LogP contribution in [0.15, 0.2) is 5.38 Å². The molecule has 1 heterocycles. The van der Waals surface area contributed by atoms with Gasteiger partial charge in [-0.1, -0.05) is 6.92 Å². The number of aromatic nitrogens is 1. The van der Waals surface area contributed by atoms with Crippen molar-refractivity contribution in [2.24, 2.45) is 0 Å². The molecule has 72 valence electrons. The van der Waals surface area contributed by atoms with Crippen molar-refractivity contribution in [2.45, 2.75) is 26.3 Å². The highest BCUT2D eigenvalue weighted by atomic mass is 32.1. The number of carbonyl (C=O) groups excluding carboxylic acids is 1. The van der Waals surface area contributed by atoms with Crippen LogP contribution < -0.4 is 5.32 Å². The van der Waals surface area contributed by atoms with Crippen LogP contribution >= 0.6 is 11.3 Å². The summed E-state index contributed by atoms with van der Waals surface area (Å²) in [5.74, 6) is -0.320. The molecule has 0 saturated heterocycles. The molecule has 4 nitrogen and oxygen atoms in total. The minimum absolute atomic E-state index is 0.0979. The van der Waals surface area contributed by atoms with Crippen molar-refractivity contribution in [3.05, 3.63) is 10.4 Å². The predicted octanol–water partition coefficient (Wildman–Crippen LogP) is 1.38. The highest BCUT2D eigenvalue weighted by molar-refractivity contribution is 7.11. The van der Waals surface area contributed by atoms with Gasteiger partial charge in [0.25, 0.3) is 5.91 Å². The molecule has 1 rings (SSSR count). The second-order valence-electron chi connectivity index (χ2n) is 2.79. The molecule has 0 saturated carbocycles. The first-order valence-corrected chi connectivity index (χ1v) is 4.96. The van der Waals surface area contributed by atoms with E-state index in [0.717, 1.165) is 17.8 Å². The van der Waals surface area contributed by atoms with Gasteiger partial charge >= 0.3 is 0 Å². The van der Waals surface area contributed by atoms with Crippen LogP contribution in [-0.4, -0.2) is 22.0 Å². The maximum Gasteiger partial charge on any atom is 0.280 e. The summed E-state index contributed by atoms with van der Waals surface area (Å²) in [7, 11) is 0. The molecule has 1 amide bonds. The quantitative estimate of drug-likeness (QED) is 0.774. The van der Waals surface area contributed by atoms with Gasteiger partial charge in [0.15, 0.2) is 5.01 Å². The molecule has 0 fully saturated rings. The molecule has 1 atom stereocenters. The normalized spacial score (nSPS) is 12.5. The minimum atomic E-state index is -0.223. The standard InChI is InChI=1S/C8H12N2O2S/c1-3-5(2)9-7(12)8-10-6(11)4-13-8/h4-5,11H,3H2,1-2H3,(H,9,12). The lowest BCUT2D eigenvalue weighted by atomic mass is 10.2. The number of hydrogen-bond acceptors (Lipinski definition) is 4. The Kier molecular flexibility index (Phi) is 3.25. The monoisotopic (exact) mass is 200 g/mol. The van der Waals surface area contributed by atoms with Gasteiger partial charge in [-0.25, -0.2) is 0 Å². The van der Waals surface area contributed by atoms with Crippen LogP contribution in [-0.2, 0) is 0 Å². The van der Waals surface area contributed by atoms with Crippen molar-refractivity contribution in [3.63, 3.8) is 0 Å². The van der Waals surface area contributed by atoms with E-state index in [1.165, 1.54) is 5.38 Å². The summed E-state index contributed by atoms with van der Waals surface area (Å²) < 4.78 is 0. The maximum absolute atomic E-state index is 11.4. The first-order chi connectivity index (χ1) is 6.13. The molecule has 0 aliphatic rings. The Hall–Kier alpha value is -1.10. The lowest BCUT2D eigenvalue weighted by Crippen LogP contribution is -2.31. The van der Waals surface area contributed by atoms with Crippen LogP contribution in [0.4, 0.5) is 0 Å². The van der Waals surface area contributed by atoms with Crippen molar-refractivity contribution < 1.29 is 9.90 Å². The van der Waals surface area contributed by atoms with Crippen LogP contribution in [0.5, 0.6) is 5.88 Å². The molecule has 1 unspecified atom stereocenters. The molecule has 1 aromatic heterocycles. The molecule has 0 bridgehead atoms. The van der Waals surface area contributed by atoms with Gasteiger partial charge in [-0.2, -0.15) is 4.98 Å². The first kappa shape index (κ1) is 9.98. The SMILES string of the molecule is CCC(C)NC(=O)c1nc(O)cs1. The van der Waals surface area contributed by atoms with E-state index >= 15 is 0 Å². The smallest absolute Gasteiger partial charge is 0.280 e. The molecular formula is C8H12N2O2S. The van der Waals surface area contributed by atoms with Crippen LogP contribution in [0.1, 0.15) is 30.1 Å². The number of carbonyl (C=O) groups is 1. The molecule has 0 aliphatic heterocycles. The zero-order valence-electron chi connectivity index (χ0n) is 7.57. The number of nitrogens with one attached hydrogen (secondary N) is 1. The number of rotatable bonds is 3. The first-order valence-electron chi connectivity index (χ1n) is 4.08. The third-order valence-corrected chi connectivity index (χ3v) is 2.50. The maximum atomic E-state index is 11.4. The second-order valence-corrected chi connectivity index (χ2v) is 3.65. The topological polar surface area (TPSA) is 62.2 Å². The summed E-state index contributed by atoms with van der Waals surface area (Å²) in [6.45, 7) is 3.91. The van der Waals surface area contributed by atoms with E-state index in [0.29, 0.717) is 5.01 Å². The Morgan fingerprint density at radius 2 is 2.54 bits per heavy atom. The fourth-order valence-electron chi connectivity index (χ4n) is 0.757. The average Bonchev–Trinajstić information content (AvgIpc) is 2.51. The Labute approximate surface area is 80.6 Å². The molecular weight excluding hydrogens is 188 g/mol. The Balaban J connectivity index is 2.58. The second kappa shape index (κ2) is 4.23. The van der Waals surface area contributed by atoms with E-state index in [4.69, 9.17) is 5.11 Å². The summed E-state index contributed by atoms with van der Waals surface area (Å²) in [5, 5.41) is 13.4. The number of amides is 1. The van der Waals surface area contributed by atoms with Crippen molar-refractivity contribution in [1.82, 2.24) is 10.3 Å². The van der Waals surface area contributed by atoms with Gasteiger partial charge < -0.3 is 10.4 Å². The Bertz CT molecular complexity index is 298. The van der Waals surface area contributed by atoms with Gasteiger partial charge in [0.05, 0.1) is 5.38 Å². The number of hydrogen-bond donors (Lipinski definition) is 2. The summed E-state index contributed by atoms with van der Waals surface area (Å²) in [6.07, 6.45) is 0.878. The number of nitrogens with zero attached hydrogens (tertiary/aromatic N) is 1. The third-order valence-electron chi connectivity index (χ3n) is 1.68. The van der Waals surface area contributed by atoms with Crippen molar-refractivity contribution in [1.29, 1.82) is 0 Å². The fraction of sp³-hybridized carbons (Fsp3) is 0.500. The number of aromatic hydroxyl groups is 1. The van der Waals surface area contributed by atoms with Crippen LogP contribution in [0.2, 0.25) is 0 Å². The summed E-state index contributed by atoms with van der Waals surface area (Å²) in [5.41, 5.74) is 0. The average molecular weight is 200 g/mol. The van der Waals surface area contributed by atoms with E-state index < -0.39 is 0 Å². The van der Waals surface area contributed by atoms with E-state index in [-0.39, 0.29) is 17.8 Å². The number of thiazole rings is 1. The molecule has 1 aromatic rings. The minimum Gasteiger partial charge on any atom is -0.493 e. The van der Waals surface area contributed by atoms with E-state index in [9.17, 15) is 4.79 Å². The van der Waals surface area contributed by atoms with E-state index in [2.05, 4.69) is 10.3 Å². The molecule has 0 aromatic carbocycles. The van der Waals surface area contributed by atoms with Crippen LogP contribution in [0.25, 0.3) is 0 Å². The molecule has 5 heteroatoms. The summed E-state index contributed by atoms with van der Waals surface area (Å²) >= 11 is 1.14. The van der Waals surface area contributed by atoms with Crippen molar-refractivity contribution in [2.75, 3.05) is 0 Å². The zero-order valence-corrected chi connectivity index (χ0v) is 8.39. The fourth-order valence-corrected chi connectivity index (χ4v) is 1.34. The highest BCUT2D eigenvalue weighted by Gasteiger charge is 2.12. The zero-order chi connectivity index (χ0) is 9.84. The van der Waals surface area contributed by atoms with Gasteiger partial charge in [-0.15, -0.1) is 11.3 Å². The van der Waals surface area contributed by atoms with Crippen LogP contribution in [0.3, 0.4) is 0 Å². The summed E-state index contributed by atoms with van der Waals surface area (Å²) in [6, 6.07) is 0.138. The van der Waals surface area contributed by atoms with E-state index in [1.807, 2.05) is 13.8 Å². The van der Waals surface area contributed by atoms with Gasteiger partial charge in [0.1, 0.15) is 0 Å². The Morgan fingerprint density at radius 3 is 3.00 bits per heavy atom. The van der Waals surface area contributed by atoms with Crippen LogP contribution in [0, 0.1) is 0 Å².